The first-order valence-corrected chi connectivity index (χ1v) is 7.32. The van der Waals surface area contributed by atoms with Gasteiger partial charge in [-0.15, -0.1) is 0 Å². The molecule has 3 heterocycles. The summed E-state index contributed by atoms with van der Waals surface area (Å²) >= 11 is 3.49. The molecule has 0 unspecified atom stereocenters. The summed E-state index contributed by atoms with van der Waals surface area (Å²) in [6.07, 6.45) is 9.57. The molecule has 0 aromatic carbocycles. The SMILES string of the molecule is C[C@H](Cn1ccnc1)NCc1cnc2ccc(Br)cn12. The second kappa shape index (κ2) is 5.76. The van der Waals surface area contributed by atoms with Crippen LogP contribution in [0.15, 0.2) is 47.7 Å². The Hall–Kier alpha value is -1.66. The fourth-order valence-corrected chi connectivity index (χ4v) is 2.53. The van der Waals surface area contributed by atoms with Crippen molar-refractivity contribution in [2.24, 2.45) is 0 Å². The quantitative estimate of drug-likeness (QED) is 0.780. The van der Waals surface area contributed by atoms with E-state index in [0.29, 0.717) is 6.04 Å². The highest BCUT2D eigenvalue weighted by atomic mass is 79.9. The van der Waals surface area contributed by atoms with Crippen LogP contribution in [-0.2, 0) is 13.1 Å². The average Bonchev–Trinajstić information content (AvgIpc) is 3.05. The van der Waals surface area contributed by atoms with E-state index in [1.807, 2.05) is 37.1 Å². The predicted molar refractivity (Wildman–Crippen MR) is 81.4 cm³/mol. The molecule has 20 heavy (non-hydrogen) atoms. The topological polar surface area (TPSA) is 47.2 Å². The first-order valence-electron chi connectivity index (χ1n) is 6.53. The maximum atomic E-state index is 4.40. The number of hydrogen-bond donors (Lipinski definition) is 1. The van der Waals surface area contributed by atoms with Gasteiger partial charge in [-0.1, -0.05) is 0 Å². The summed E-state index contributed by atoms with van der Waals surface area (Å²) in [6, 6.07) is 4.37. The molecule has 5 nitrogen and oxygen atoms in total. The third kappa shape index (κ3) is 2.91. The largest absolute Gasteiger partial charge is 0.336 e. The van der Waals surface area contributed by atoms with Gasteiger partial charge in [-0.05, 0) is 35.0 Å². The zero-order chi connectivity index (χ0) is 13.9. The van der Waals surface area contributed by atoms with Crippen LogP contribution >= 0.6 is 15.9 Å². The Kier molecular flexibility index (Phi) is 3.84. The molecule has 3 rings (SSSR count). The molecule has 0 aliphatic heterocycles. The van der Waals surface area contributed by atoms with Crippen LogP contribution in [0.25, 0.3) is 5.65 Å². The molecular formula is C14H16BrN5. The number of aromatic nitrogens is 4. The maximum Gasteiger partial charge on any atom is 0.136 e. The standard InChI is InChI=1S/C14H16BrN5/c1-11(8-19-5-4-16-10-19)17-6-13-7-18-14-3-2-12(15)9-20(13)14/h2-5,7,9-11,17H,6,8H2,1H3/t11-/m1/s1. The Bertz CT molecular complexity index is 689. The van der Waals surface area contributed by atoms with Gasteiger partial charge in [0, 0.05) is 42.2 Å². The molecule has 3 aromatic rings. The predicted octanol–water partition coefficient (Wildman–Crippen LogP) is 2.47. The Balaban J connectivity index is 1.66. The molecule has 0 radical (unpaired) electrons. The fourth-order valence-electron chi connectivity index (χ4n) is 2.19. The van der Waals surface area contributed by atoms with Crippen molar-refractivity contribution in [3.05, 3.63) is 53.4 Å². The van der Waals surface area contributed by atoms with Crippen LogP contribution in [0, 0.1) is 0 Å². The van der Waals surface area contributed by atoms with Gasteiger partial charge < -0.3 is 14.3 Å². The van der Waals surface area contributed by atoms with Crippen molar-refractivity contribution >= 4 is 21.6 Å². The second-order valence-corrected chi connectivity index (χ2v) is 5.78. The van der Waals surface area contributed by atoms with Gasteiger partial charge in [-0.25, -0.2) is 9.97 Å². The van der Waals surface area contributed by atoms with Crippen LogP contribution in [0.1, 0.15) is 12.6 Å². The van der Waals surface area contributed by atoms with Gasteiger partial charge in [0.15, 0.2) is 0 Å². The van der Waals surface area contributed by atoms with Crippen molar-refractivity contribution < 1.29 is 0 Å². The van der Waals surface area contributed by atoms with Crippen LogP contribution < -0.4 is 5.32 Å². The van der Waals surface area contributed by atoms with Crippen LogP contribution in [0.5, 0.6) is 0 Å². The number of fused-ring (bicyclic) bond motifs is 1. The van der Waals surface area contributed by atoms with Crippen molar-refractivity contribution in [2.75, 3.05) is 0 Å². The number of rotatable bonds is 5. The first kappa shape index (κ1) is 13.3. The molecule has 0 aliphatic rings. The van der Waals surface area contributed by atoms with E-state index in [9.17, 15) is 0 Å². The number of nitrogens with one attached hydrogen (secondary N) is 1. The second-order valence-electron chi connectivity index (χ2n) is 4.87. The average molecular weight is 334 g/mol. The molecule has 0 saturated carbocycles. The molecule has 0 aliphatic carbocycles. The smallest absolute Gasteiger partial charge is 0.136 e. The fraction of sp³-hybridized carbons (Fsp3) is 0.286. The minimum absolute atomic E-state index is 0.363. The van der Waals surface area contributed by atoms with E-state index in [1.54, 1.807) is 6.20 Å². The third-order valence-electron chi connectivity index (χ3n) is 3.22. The van der Waals surface area contributed by atoms with Gasteiger partial charge in [0.1, 0.15) is 5.65 Å². The highest BCUT2D eigenvalue weighted by Gasteiger charge is 2.06. The summed E-state index contributed by atoms with van der Waals surface area (Å²) in [4.78, 5) is 8.45. The lowest BCUT2D eigenvalue weighted by Crippen LogP contribution is -2.30. The van der Waals surface area contributed by atoms with Gasteiger partial charge in [0.25, 0.3) is 0 Å². The van der Waals surface area contributed by atoms with E-state index in [0.717, 1.165) is 28.9 Å². The van der Waals surface area contributed by atoms with Crippen molar-refractivity contribution in [1.29, 1.82) is 0 Å². The minimum atomic E-state index is 0.363. The van der Waals surface area contributed by atoms with E-state index in [1.165, 1.54) is 0 Å². The summed E-state index contributed by atoms with van der Waals surface area (Å²) in [6.45, 7) is 3.85. The number of halogens is 1. The summed E-state index contributed by atoms with van der Waals surface area (Å²) < 4.78 is 5.22. The lowest BCUT2D eigenvalue weighted by Gasteiger charge is -2.14. The molecule has 0 amide bonds. The lowest BCUT2D eigenvalue weighted by molar-refractivity contribution is 0.472. The van der Waals surface area contributed by atoms with Crippen molar-refractivity contribution in [1.82, 2.24) is 24.3 Å². The number of nitrogens with zero attached hydrogens (tertiary/aromatic N) is 4. The molecule has 0 bridgehead atoms. The van der Waals surface area contributed by atoms with E-state index in [4.69, 9.17) is 0 Å². The van der Waals surface area contributed by atoms with Crippen molar-refractivity contribution in [3.8, 4) is 0 Å². The van der Waals surface area contributed by atoms with E-state index in [2.05, 4.69) is 47.1 Å². The van der Waals surface area contributed by atoms with Gasteiger partial charge in [-0.2, -0.15) is 0 Å². The molecule has 3 aromatic heterocycles. The summed E-state index contributed by atoms with van der Waals surface area (Å²) in [5, 5.41) is 3.51. The lowest BCUT2D eigenvalue weighted by atomic mass is 10.3. The normalized spacial score (nSPS) is 12.9. The van der Waals surface area contributed by atoms with E-state index >= 15 is 0 Å². The Morgan fingerprint density at radius 1 is 1.40 bits per heavy atom. The van der Waals surface area contributed by atoms with E-state index < -0.39 is 0 Å². The summed E-state index contributed by atoms with van der Waals surface area (Å²) in [5.74, 6) is 0. The number of pyridine rings is 1. The highest BCUT2D eigenvalue weighted by molar-refractivity contribution is 9.10. The zero-order valence-corrected chi connectivity index (χ0v) is 12.8. The van der Waals surface area contributed by atoms with Crippen molar-refractivity contribution in [3.63, 3.8) is 0 Å². The molecule has 6 heteroatoms. The Labute approximate surface area is 125 Å². The molecule has 1 N–H and O–H groups in total. The molecule has 0 spiro atoms. The van der Waals surface area contributed by atoms with E-state index in [-0.39, 0.29) is 0 Å². The van der Waals surface area contributed by atoms with Crippen LogP contribution in [-0.4, -0.2) is 25.0 Å². The number of hydrogen-bond acceptors (Lipinski definition) is 3. The molecule has 0 fully saturated rings. The molecule has 104 valence electrons. The van der Waals surface area contributed by atoms with Gasteiger partial charge in [0.2, 0.25) is 0 Å². The summed E-state index contributed by atoms with van der Waals surface area (Å²) in [7, 11) is 0. The number of imidazole rings is 2. The van der Waals surface area contributed by atoms with Crippen molar-refractivity contribution in [2.45, 2.75) is 26.1 Å². The Morgan fingerprint density at radius 3 is 3.10 bits per heavy atom. The highest BCUT2D eigenvalue weighted by Crippen LogP contribution is 2.13. The Morgan fingerprint density at radius 2 is 2.30 bits per heavy atom. The van der Waals surface area contributed by atoms with Gasteiger partial charge >= 0.3 is 0 Å². The zero-order valence-electron chi connectivity index (χ0n) is 11.2. The van der Waals surface area contributed by atoms with Crippen LogP contribution in [0.4, 0.5) is 0 Å². The first-order chi connectivity index (χ1) is 9.72. The maximum absolute atomic E-state index is 4.40. The van der Waals surface area contributed by atoms with Gasteiger partial charge in [-0.3, -0.25) is 0 Å². The monoisotopic (exact) mass is 333 g/mol. The molecular weight excluding hydrogens is 318 g/mol. The minimum Gasteiger partial charge on any atom is -0.336 e. The van der Waals surface area contributed by atoms with Gasteiger partial charge in [0.05, 0.1) is 18.2 Å². The summed E-state index contributed by atoms with van der Waals surface area (Å²) in [5.41, 5.74) is 2.12. The third-order valence-corrected chi connectivity index (χ3v) is 3.69. The molecule has 1 atom stereocenters. The van der Waals surface area contributed by atoms with Crippen LogP contribution in [0.3, 0.4) is 0 Å². The van der Waals surface area contributed by atoms with Crippen LogP contribution in [0.2, 0.25) is 0 Å². The molecule has 0 saturated heterocycles.